The fourth-order valence-corrected chi connectivity index (χ4v) is 3.92. The molecule has 0 aliphatic rings. The summed E-state index contributed by atoms with van der Waals surface area (Å²) >= 11 is 9.22. The van der Waals surface area contributed by atoms with Crippen LogP contribution in [0.5, 0.6) is 0 Å². The zero-order valence-electron chi connectivity index (χ0n) is 10.3. The van der Waals surface area contributed by atoms with Crippen molar-refractivity contribution in [1.29, 1.82) is 0 Å². The Kier molecular flexibility index (Phi) is 4.38. The molecule has 0 aliphatic carbocycles. The van der Waals surface area contributed by atoms with E-state index in [1.54, 1.807) is 19.1 Å². The number of benzene rings is 1. The molecule has 0 atom stereocenters. The Morgan fingerprint density at radius 2 is 2.20 bits per heavy atom. The summed E-state index contributed by atoms with van der Waals surface area (Å²) in [5, 5.41) is 15.7. The highest BCUT2D eigenvalue weighted by molar-refractivity contribution is 9.10. The van der Waals surface area contributed by atoms with E-state index in [1.807, 2.05) is 0 Å². The third kappa shape index (κ3) is 2.98. The van der Waals surface area contributed by atoms with E-state index in [1.165, 1.54) is 6.07 Å². The molecule has 0 aliphatic heterocycles. The van der Waals surface area contributed by atoms with E-state index in [9.17, 15) is 8.42 Å². The van der Waals surface area contributed by atoms with Gasteiger partial charge in [-0.25, -0.2) is 8.42 Å². The van der Waals surface area contributed by atoms with Crippen molar-refractivity contribution in [2.45, 2.75) is 18.4 Å². The minimum Gasteiger partial charge on any atom is -0.390 e. The minimum atomic E-state index is -3.88. The van der Waals surface area contributed by atoms with Crippen molar-refractivity contribution in [3.63, 3.8) is 0 Å². The number of rotatable bonds is 4. The number of aromatic amines is 1. The summed E-state index contributed by atoms with van der Waals surface area (Å²) in [5.41, 5.74) is 0.650. The van der Waals surface area contributed by atoms with E-state index < -0.39 is 16.6 Å². The lowest BCUT2D eigenvalue weighted by molar-refractivity contribution is 0.273. The number of aromatic nitrogens is 2. The maximum atomic E-state index is 12.3. The molecule has 1 aromatic heterocycles. The van der Waals surface area contributed by atoms with Crippen LogP contribution < -0.4 is 4.72 Å². The van der Waals surface area contributed by atoms with Gasteiger partial charge in [0.15, 0.2) is 0 Å². The highest BCUT2D eigenvalue weighted by atomic mass is 79.9. The Labute approximate surface area is 129 Å². The van der Waals surface area contributed by atoms with Crippen molar-refractivity contribution in [3.05, 3.63) is 39.1 Å². The molecule has 20 heavy (non-hydrogen) atoms. The smallest absolute Gasteiger partial charge is 0.265 e. The van der Waals surface area contributed by atoms with E-state index in [4.69, 9.17) is 16.7 Å². The van der Waals surface area contributed by atoms with Crippen LogP contribution in [0.4, 0.5) is 5.69 Å². The molecule has 6 nitrogen and oxygen atoms in total. The molecule has 0 radical (unpaired) electrons. The summed E-state index contributed by atoms with van der Waals surface area (Å²) in [5.74, 6) is 0. The number of sulfonamides is 1. The second-order valence-corrected chi connectivity index (χ2v) is 6.95. The Hall–Kier alpha value is -1.09. The molecule has 0 bridgehead atoms. The zero-order valence-corrected chi connectivity index (χ0v) is 13.5. The first-order valence-electron chi connectivity index (χ1n) is 5.47. The quantitative estimate of drug-likeness (QED) is 0.759. The van der Waals surface area contributed by atoms with E-state index in [2.05, 4.69) is 30.8 Å². The largest absolute Gasteiger partial charge is 0.390 e. The van der Waals surface area contributed by atoms with Crippen LogP contribution in [0.15, 0.2) is 27.6 Å². The van der Waals surface area contributed by atoms with Crippen molar-refractivity contribution in [2.24, 2.45) is 0 Å². The van der Waals surface area contributed by atoms with Gasteiger partial charge >= 0.3 is 0 Å². The van der Waals surface area contributed by atoms with Gasteiger partial charge in [0.2, 0.25) is 0 Å². The second kappa shape index (κ2) is 5.72. The molecular weight excluding hydrogens is 370 g/mol. The SMILES string of the molecule is Cc1[nH]nc(CO)c1S(=O)(=O)Nc1ccc(Br)cc1Cl. The van der Waals surface area contributed by atoms with Crippen molar-refractivity contribution < 1.29 is 13.5 Å². The normalized spacial score (nSPS) is 11.6. The average Bonchev–Trinajstić information content (AvgIpc) is 2.75. The van der Waals surface area contributed by atoms with Crippen LogP contribution in [0.2, 0.25) is 5.02 Å². The molecule has 0 amide bonds. The maximum Gasteiger partial charge on any atom is 0.265 e. The first-order chi connectivity index (χ1) is 9.35. The van der Waals surface area contributed by atoms with E-state index in [0.717, 1.165) is 4.47 Å². The van der Waals surface area contributed by atoms with Crippen LogP contribution in [0.25, 0.3) is 0 Å². The van der Waals surface area contributed by atoms with Crippen LogP contribution >= 0.6 is 27.5 Å². The third-order valence-electron chi connectivity index (χ3n) is 2.56. The van der Waals surface area contributed by atoms with Crippen molar-refractivity contribution in [3.8, 4) is 0 Å². The molecule has 2 aromatic rings. The monoisotopic (exact) mass is 379 g/mol. The third-order valence-corrected chi connectivity index (χ3v) is 4.93. The van der Waals surface area contributed by atoms with Gasteiger partial charge in [-0.2, -0.15) is 5.10 Å². The molecule has 0 spiro atoms. The molecule has 108 valence electrons. The topological polar surface area (TPSA) is 95.1 Å². The van der Waals surface area contributed by atoms with Crippen molar-refractivity contribution in [2.75, 3.05) is 4.72 Å². The van der Waals surface area contributed by atoms with Gasteiger partial charge in [0, 0.05) is 4.47 Å². The zero-order chi connectivity index (χ0) is 14.9. The Bertz CT molecular complexity index is 745. The molecular formula is C11H11BrClN3O3S. The van der Waals surface area contributed by atoms with Crippen LogP contribution in [0, 0.1) is 6.92 Å². The Morgan fingerprint density at radius 1 is 1.50 bits per heavy atom. The lowest BCUT2D eigenvalue weighted by atomic mass is 10.3. The number of halogens is 2. The number of H-pyrrole nitrogens is 1. The summed E-state index contributed by atoms with van der Waals surface area (Å²) < 4.78 is 27.8. The summed E-state index contributed by atoms with van der Waals surface area (Å²) in [4.78, 5) is -0.0704. The number of anilines is 1. The summed E-state index contributed by atoms with van der Waals surface area (Å²) in [6.07, 6.45) is 0. The van der Waals surface area contributed by atoms with Gasteiger partial charge in [-0.05, 0) is 25.1 Å². The number of nitrogens with zero attached hydrogens (tertiary/aromatic N) is 1. The van der Waals surface area contributed by atoms with Crippen LogP contribution in [-0.2, 0) is 16.6 Å². The first kappa shape index (κ1) is 15.3. The van der Waals surface area contributed by atoms with E-state index in [-0.39, 0.29) is 21.3 Å². The van der Waals surface area contributed by atoms with Crippen LogP contribution in [-0.4, -0.2) is 23.7 Å². The highest BCUT2D eigenvalue weighted by Gasteiger charge is 2.24. The second-order valence-electron chi connectivity index (χ2n) is 4.01. The Morgan fingerprint density at radius 3 is 2.80 bits per heavy atom. The molecule has 2 rings (SSSR count). The number of aryl methyl sites for hydroxylation is 1. The summed E-state index contributed by atoms with van der Waals surface area (Å²) in [6, 6.07) is 4.78. The molecule has 1 heterocycles. The predicted octanol–water partition coefficient (Wildman–Crippen LogP) is 2.43. The molecule has 1 aromatic carbocycles. The number of hydrogen-bond acceptors (Lipinski definition) is 4. The highest BCUT2D eigenvalue weighted by Crippen LogP contribution is 2.29. The molecule has 0 unspecified atom stereocenters. The fraction of sp³-hybridized carbons (Fsp3) is 0.182. The minimum absolute atomic E-state index is 0.0586. The predicted molar refractivity (Wildman–Crippen MR) is 79.2 cm³/mol. The van der Waals surface area contributed by atoms with Crippen molar-refractivity contribution in [1.82, 2.24) is 10.2 Å². The summed E-state index contributed by atoms with van der Waals surface area (Å²) in [7, 11) is -3.88. The molecule has 9 heteroatoms. The number of aliphatic hydroxyl groups is 1. The molecule has 0 saturated heterocycles. The lowest BCUT2D eigenvalue weighted by Crippen LogP contribution is -2.15. The van der Waals surface area contributed by atoms with Crippen LogP contribution in [0.3, 0.4) is 0 Å². The standard InChI is InChI=1S/C11H11BrClN3O3S/c1-6-11(10(5-17)15-14-6)20(18,19)16-9-3-2-7(12)4-8(9)13/h2-4,16-17H,5H2,1H3,(H,14,15). The maximum absolute atomic E-state index is 12.3. The Balaban J connectivity index is 2.43. The van der Waals surface area contributed by atoms with Gasteiger partial charge < -0.3 is 5.11 Å². The average molecular weight is 381 g/mol. The van der Waals surface area contributed by atoms with Crippen LogP contribution in [0.1, 0.15) is 11.4 Å². The van der Waals surface area contributed by atoms with Crippen molar-refractivity contribution >= 4 is 43.2 Å². The number of aliphatic hydroxyl groups excluding tert-OH is 1. The first-order valence-corrected chi connectivity index (χ1v) is 8.13. The molecule has 0 fully saturated rings. The summed E-state index contributed by atoms with van der Waals surface area (Å²) in [6.45, 7) is 1.08. The molecule has 0 saturated carbocycles. The lowest BCUT2D eigenvalue weighted by Gasteiger charge is -2.10. The van der Waals surface area contributed by atoms with Gasteiger partial charge in [-0.15, -0.1) is 0 Å². The number of nitrogens with one attached hydrogen (secondary N) is 2. The molecule has 3 N–H and O–H groups in total. The van der Waals surface area contributed by atoms with Gasteiger partial charge in [0.05, 0.1) is 23.0 Å². The van der Waals surface area contributed by atoms with E-state index in [0.29, 0.717) is 5.69 Å². The van der Waals surface area contributed by atoms with E-state index >= 15 is 0 Å². The van der Waals surface area contributed by atoms with Gasteiger partial charge in [-0.3, -0.25) is 9.82 Å². The van der Waals surface area contributed by atoms with Gasteiger partial charge in [0.1, 0.15) is 10.6 Å². The fourth-order valence-electron chi connectivity index (χ4n) is 1.70. The number of hydrogen-bond donors (Lipinski definition) is 3. The van der Waals surface area contributed by atoms with Gasteiger partial charge in [0.25, 0.3) is 10.0 Å². The van der Waals surface area contributed by atoms with Gasteiger partial charge in [-0.1, -0.05) is 27.5 Å².